The topological polar surface area (TPSA) is 38.9 Å². The summed E-state index contributed by atoms with van der Waals surface area (Å²) in [6.07, 6.45) is 10.1. The van der Waals surface area contributed by atoms with Crippen LogP contribution in [-0.2, 0) is 6.42 Å². The minimum absolute atomic E-state index is 0.0548. The molecule has 0 saturated carbocycles. The summed E-state index contributed by atoms with van der Waals surface area (Å²) in [5, 5.41) is 0. The monoisotopic (exact) mass is 160 g/mol. The maximum atomic E-state index is 5.75. The van der Waals surface area contributed by atoms with Crippen LogP contribution in [0.25, 0.3) is 0 Å². The molecule has 1 aromatic rings. The molecule has 0 bridgehead atoms. The third-order valence-electron chi connectivity index (χ3n) is 1.60. The van der Waals surface area contributed by atoms with Crippen LogP contribution in [0.5, 0.6) is 0 Å². The quantitative estimate of drug-likeness (QED) is 0.669. The number of hydrogen-bond donors (Lipinski definition) is 1. The van der Waals surface area contributed by atoms with Gasteiger partial charge in [-0.2, -0.15) is 0 Å². The molecule has 12 heavy (non-hydrogen) atoms. The Hall–Kier alpha value is -1.33. The van der Waals surface area contributed by atoms with Crippen molar-refractivity contribution < 1.29 is 0 Å². The van der Waals surface area contributed by atoms with E-state index in [1.165, 1.54) is 0 Å². The third kappa shape index (κ3) is 2.73. The summed E-state index contributed by atoms with van der Waals surface area (Å²) in [7, 11) is 0. The van der Waals surface area contributed by atoms with Gasteiger partial charge in [0.05, 0.1) is 0 Å². The van der Waals surface area contributed by atoms with E-state index in [9.17, 15) is 0 Å². The van der Waals surface area contributed by atoms with E-state index in [0.29, 0.717) is 6.42 Å². The first kappa shape index (κ1) is 8.76. The van der Waals surface area contributed by atoms with E-state index in [1.807, 2.05) is 18.3 Å². The van der Waals surface area contributed by atoms with Crippen molar-refractivity contribution in [2.24, 2.45) is 5.73 Å². The van der Waals surface area contributed by atoms with Gasteiger partial charge in [-0.1, -0.05) is 6.07 Å². The number of aromatic nitrogens is 1. The van der Waals surface area contributed by atoms with E-state index in [4.69, 9.17) is 12.2 Å². The van der Waals surface area contributed by atoms with Crippen LogP contribution in [0, 0.1) is 12.3 Å². The Morgan fingerprint density at radius 3 is 3.08 bits per heavy atom. The van der Waals surface area contributed by atoms with E-state index in [-0.39, 0.29) is 6.04 Å². The summed E-state index contributed by atoms with van der Waals surface area (Å²) >= 11 is 0. The Labute approximate surface area is 72.8 Å². The zero-order valence-corrected chi connectivity index (χ0v) is 6.90. The van der Waals surface area contributed by atoms with Gasteiger partial charge in [-0.15, -0.1) is 12.3 Å². The van der Waals surface area contributed by atoms with Crippen molar-refractivity contribution in [2.75, 3.05) is 0 Å². The molecule has 0 aliphatic rings. The highest BCUT2D eigenvalue weighted by atomic mass is 14.6. The van der Waals surface area contributed by atoms with E-state index >= 15 is 0 Å². The second kappa shape index (κ2) is 4.53. The molecule has 62 valence electrons. The van der Waals surface area contributed by atoms with Gasteiger partial charge in [-0.05, 0) is 18.1 Å². The van der Waals surface area contributed by atoms with Crippen molar-refractivity contribution in [3.8, 4) is 12.3 Å². The average Bonchev–Trinajstić information content (AvgIpc) is 2.06. The van der Waals surface area contributed by atoms with Crippen molar-refractivity contribution in [3.63, 3.8) is 0 Å². The molecule has 2 heteroatoms. The van der Waals surface area contributed by atoms with Crippen molar-refractivity contribution >= 4 is 0 Å². The summed E-state index contributed by atoms with van der Waals surface area (Å²) < 4.78 is 0. The molecule has 1 rings (SSSR count). The molecule has 2 N–H and O–H groups in total. The van der Waals surface area contributed by atoms with Crippen LogP contribution in [0.2, 0.25) is 0 Å². The zero-order valence-electron chi connectivity index (χ0n) is 6.90. The lowest BCUT2D eigenvalue weighted by Crippen LogP contribution is -2.21. The second-order valence-electron chi connectivity index (χ2n) is 2.73. The summed E-state index contributed by atoms with van der Waals surface area (Å²) in [6, 6.07) is 3.96. The predicted molar refractivity (Wildman–Crippen MR) is 49.4 cm³/mol. The maximum Gasteiger partial charge on any atom is 0.0300 e. The molecular weight excluding hydrogens is 148 g/mol. The van der Waals surface area contributed by atoms with Gasteiger partial charge in [-0.3, -0.25) is 4.98 Å². The molecule has 0 fully saturated rings. The molecule has 1 heterocycles. The predicted octanol–water partition coefficient (Wildman–Crippen LogP) is 0.975. The molecule has 0 aliphatic heterocycles. The summed E-state index contributed by atoms with van der Waals surface area (Å²) in [5.74, 6) is 2.54. The third-order valence-corrected chi connectivity index (χ3v) is 1.60. The Bertz CT molecular complexity index is 261. The molecule has 0 radical (unpaired) electrons. The molecule has 1 aromatic heterocycles. The van der Waals surface area contributed by atoms with Crippen LogP contribution in [-0.4, -0.2) is 11.0 Å². The number of hydrogen-bond acceptors (Lipinski definition) is 2. The normalized spacial score (nSPS) is 12.0. The molecule has 2 nitrogen and oxygen atoms in total. The van der Waals surface area contributed by atoms with E-state index in [1.54, 1.807) is 6.20 Å². The first-order valence-corrected chi connectivity index (χ1v) is 3.91. The number of nitrogens with two attached hydrogens (primary N) is 1. The van der Waals surface area contributed by atoms with Crippen LogP contribution in [0.1, 0.15) is 12.0 Å². The van der Waals surface area contributed by atoms with Crippen LogP contribution < -0.4 is 5.73 Å². The molecule has 0 aromatic carbocycles. The Morgan fingerprint density at radius 1 is 1.67 bits per heavy atom. The lowest BCUT2D eigenvalue weighted by atomic mass is 10.1. The van der Waals surface area contributed by atoms with E-state index in [2.05, 4.69) is 10.9 Å². The van der Waals surface area contributed by atoms with E-state index in [0.717, 1.165) is 12.0 Å². The molecule has 0 spiro atoms. The second-order valence-corrected chi connectivity index (χ2v) is 2.73. The summed E-state index contributed by atoms with van der Waals surface area (Å²) in [5.41, 5.74) is 6.89. The maximum absolute atomic E-state index is 5.75. The van der Waals surface area contributed by atoms with Crippen LogP contribution in [0.15, 0.2) is 24.5 Å². The minimum atomic E-state index is 0.0548. The van der Waals surface area contributed by atoms with Crippen molar-refractivity contribution in [3.05, 3.63) is 30.1 Å². The molecular formula is C10H12N2. The largest absolute Gasteiger partial charge is 0.327 e. The van der Waals surface area contributed by atoms with Crippen LogP contribution >= 0.6 is 0 Å². The van der Waals surface area contributed by atoms with Gasteiger partial charge < -0.3 is 5.73 Å². The number of rotatable bonds is 3. The van der Waals surface area contributed by atoms with Crippen LogP contribution in [0.3, 0.4) is 0 Å². The molecule has 0 aliphatic carbocycles. The summed E-state index contributed by atoms with van der Waals surface area (Å²) in [6.45, 7) is 0. The van der Waals surface area contributed by atoms with Gasteiger partial charge in [0.25, 0.3) is 0 Å². The Kier molecular flexibility index (Phi) is 3.31. The standard InChI is InChI=1S/C10H12N2/c1-2-4-10(11)7-9-5-3-6-12-8-9/h1,3,5-6,8,10H,4,7,11H2. The lowest BCUT2D eigenvalue weighted by Gasteiger charge is -2.06. The molecule has 1 atom stereocenters. The highest BCUT2D eigenvalue weighted by molar-refractivity contribution is 5.10. The molecule has 0 amide bonds. The fourth-order valence-electron chi connectivity index (χ4n) is 1.05. The number of terminal acetylenes is 1. The molecule has 0 saturated heterocycles. The van der Waals surface area contributed by atoms with Crippen molar-refractivity contribution in [2.45, 2.75) is 18.9 Å². The Morgan fingerprint density at radius 2 is 2.50 bits per heavy atom. The average molecular weight is 160 g/mol. The minimum Gasteiger partial charge on any atom is -0.327 e. The number of nitrogens with zero attached hydrogens (tertiary/aromatic N) is 1. The number of pyridine rings is 1. The van der Waals surface area contributed by atoms with Gasteiger partial charge >= 0.3 is 0 Å². The SMILES string of the molecule is C#CCC(N)Cc1cccnc1. The molecule has 1 unspecified atom stereocenters. The van der Waals surface area contributed by atoms with Crippen molar-refractivity contribution in [1.29, 1.82) is 0 Å². The summed E-state index contributed by atoms with van der Waals surface area (Å²) in [4.78, 5) is 3.99. The van der Waals surface area contributed by atoms with Gasteiger partial charge in [0.1, 0.15) is 0 Å². The van der Waals surface area contributed by atoms with Gasteiger partial charge in [-0.25, -0.2) is 0 Å². The van der Waals surface area contributed by atoms with Gasteiger partial charge in [0, 0.05) is 24.9 Å². The fraction of sp³-hybridized carbons (Fsp3) is 0.300. The Balaban J connectivity index is 2.48. The highest BCUT2D eigenvalue weighted by Gasteiger charge is 2.00. The van der Waals surface area contributed by atoms with E-state index < -0.39 is 0 Å². The zero-order chi connectivity index (χ0) is 8.81. The highest BCUT2D eigenvalue weighted by Crippen LogP contribution is 2.01. The first-order chi connectivity index (χ1) is 5.83. The first-order valence-electron chi connectivity index (χ1n) is 3.91. The van der Waals surface area contributed by atoms with Crippen molar-refractivity contribution in [1.82, 2.24) is 4.98 Å². The van der Waals surface area contributed by atoms with Gasteiger partial charge in [0.2, 0.25) is 0 Å². The fourth-order valence-corrected chi connectivity index (χ4v) is 1.05. The van der Waals surface area contributed by atoms with Gasteiger partial charge in [0.15, 0.2) is 0 Å². The lowest BCUT2D eigenvalue weighted by molar-refractivity contribution is 0.687. The van der Waals surface area contributed by atoms with Crippen LogP contribution in [0.4, 0.5) is 0 Å². The smallest absolute Gasteiger partial charge is 0.0300 e.